The third kappa shape index (κ3) is 6.42. The van der Waals surface area contributed by atoms with Crippen LogP contribution in [0.15, 0.2) is 0 Å². The molecule has 2 unspecified atom stereocenters. The molecule has 1 aliphatic rings. The van der Waals surface area contributed by atoms with E-state index in [1.54, 1.807) is 0 Å². The first-order valence-corrected chi connectivity index (χ1v) is 7.64. The molecule has 0 aromatic rings. The van der Waals surface area contributed by atoms with Crippen molar-refractivity contribution >= 4 is 0 Å². The summed E-state index contributed by atoms with van der Waals surface area (Å²) in [4.78, 5) is 2.64. The fourth-order valence-electron chi connectivity index (χ4n) is 2.32. The summed E-state index contributed by atoms with van der Waals surface area (Å²) in [7, 11) is 0. The Kier molecular flexibility index (Phi) is 7.14. The zero-order valence-electron chi connectivity index (χ0n) is 12.3. The highest BCUT2D eigenvalue weighted by Crippen LogP contribution is 2.18. The second kappa shape index (κ2) is 8.10. The van der Waals surface area contributed by atoms with Crippen LogP contribution in [0.25, 0.3) is 0 Å². The first-order chi connectivity index (χ1) is 8.17. The topological polar surface area (TPSA) is 15.3 Å². The summed E-state index contributed by atoms with van der Waals surface area (Å²) in [6.07, 6.45) is 6.78. The van der Waals surface area contributed by atoms with E-state index < -0.39 is 0 Å². The number of nitrogens with zero attached hydrogens (tertiary/aromatic N) is 1. The van der Waals surface area contributed by atoms with E-state index in [0.717, 1.165) is 18.0 Å². The van der Waals surface area contributed by atoms with Gasteiger partial charge in [-0.3, -0.25) is 0 Å². The van der Waals surface area contributed by atoms with E-state index >= 15 is 0 Å². The molecule has 102 valence electrons. The molecule has 0 heterocycles. The minimum atomic E-state index is 0.745. The van der Waals surface area contributed by atoms with Gasteiger partial charge in [-0.25, -0.2) is 0 Å². The van der Waals surface area contributed by atoms with E-state index in [9.17, 15) is 0 Å². The van der Waals surface area contributed by atoms with Crippen molar-refractivity contribution in [3.05, 3.63) is 0 Å². The summed E-state index contributed by atoms with van der Waals surface area (Å²) < 4.78 is 0. The van der Waals surface area contributed by atoms with Gasteiger partial charge in [0.1, 0.15) is 0 Å². The largest absolute Gasteiger partial charge is 0.314 e. The molecular weight excluding hydrogens is 208 g/mol. The lowest BCUT2D eigenvalue weighted by atomic mass is 10.1. The highest BCUT2D eigenvalue weighted by atomic mass is 15.1. The van der Waals surface area contributed by atoms with E-state index in [2.05, 4.69) is 37.9 Å². The lowest BCUT2D eigenvalue weighted by molar-refractivity contribution is 0.179. The maximum atomic E-state index is 3.60. The lowest BCUT2D eigenvalue weighted by Gasteiger charge is -2.30. The summed E-state index contributed by atoms with van der Waals surface area (Å²) in [5.41, 5.74) is 0. The van der Waals surface area contributed by atoms with Crippen LogP contribution in [0.1, 0.15) is 59.8 Å². The van der Waals surface area contributed by atoms with Gasteiger partial charge in [-0.2, -0.15) is 0 Å². The second-order valence-corrected chi connectivity index (χ2v) is 5.82. The standard InChI is InChI=1S/C15H32N2/c1-5-13(3)12-17(6-2)14(4)8-7-11-16-15-9-10-15/h13-16H,5-12H2,1-4H3. The Morgan fingerprint density at radius 2 is 1.94 bits per heavy atom. The van der Waals surface area contributed by atoms with Crippen molar-refractivity contribution in [2.75, 3.05) is 19.6 Å². The molecular formula is C15H32N2. The molecule has 1 saturated carbocycles. The molecule has 0 spiro atoms. The van der Waals surface area contributed by atoms with Gasteiger partial charge in [-0.05, 0) is 51.6 Å². The van der Waals surface area contributed by atoms with Crippen LogP contribution < -0.4 is 5.32 Å². The summed E-state index contributed by atoms with van der Waals surface area (Å²) in [6.45, 7) is 13.0. The molecule has 1 aliphatic carbocycles. The van der Waals surface area contributed by atoms with Gasteiger partial charge >= 0.3 is 0 Å². The van der Waals surface area contributed by atoms with E-state index in [0.29, 0.717) is 0 Å². The average Bonchev–Trinajstić information content (AvgIpc) is 3.14. The Balaban J connectivity index is 2.10. The van der Waals surface area contributed by atoms with Crippen molar-refractivity contribution in [2.24, 2.45) is 5.92 Å². The molecule has 0 saturated heterocycles. The number of hydrogen-bond acceptors (Lipinski definition) is 2. The SMILES string of the molecule is CCC(C)CN(CC)C(C)CCCNC1CC1. The maximum Gasteiger partial charge on any atom is 0.00682 e. The summed E-state index contributed by atoms with van der Waals surface area (Å²) in [5.74, 6) is 0.835. The van der Waals surface area contributed by atoms with Crippen LogP contribution in [0.5, 0.6) is 0 Å². The number of rotatable bonds is 10. The average molecular weight is 240 g/mol. The predicted molar refractivity (Wildman–Crippen MR) is 76.4 cm³/mol. The monoisotopic (exact) mass is 240 g/mol. The normalized spacial score (nSPS) is 19.6. The minimum Gasteiger partial charge on any atom is -0.314 e. The molecule has 0 bridgehead atoms. The van der Waals surface area contributed by atoms with E-state index in [-0.39, 0.29) is 0 Å². The Morgan fingerprint density at radius 3 is 2.47 bits per heavy atom. The Labute approximate surface area is 108 Å². The third-order valence-electron chi connectivity index (χ3n) is 4.08. The van der Waals surface area contributed by atoms with Gasteiger partial charge in [-0.15, -0.1) is 0 Å². The van der Waals surface area contributed by atoms with Gasteiger partial charge in [-0.1, -0.05) is 27.2 Å². The van der Waals surface area contributed by atoms with Crippen molar-refractivity contribution in [1.29, 1.82) is 0 Å². The highest BCUT2D eigenvalue weighted by Gasteiger charge is 2.20. The van der Waals surface area contributed by atoms with Crippen LogP contribution in [0.3, 0.4) is 0 Å². The van der Waals surface area contributed by atoms with Crippen LogP contribution in [0.2, 0.25) is 0 Å². The third-order valence-corrected chi connectivity index (χ3v) is 4.08. The Bertz CT molecular complexity index is 189. The Morgan fingerprint density at radius 1 is 1.24 bits per heavy atom. The van der Waals surface area contributed by atoms with Crippen molar-refractivity contribution < 1.29 is 0 Å². The number of hydrogen-bond donors (Lipinski definition) is 1. The minimum absolute atomic E-state index is 0.745. The van der Waals surface area contributed by atoms with Crippen LogP contribution in [0.4, 0.5) is 0 Å². The van der Waals surface area contributed by atoms with Gasteiger partial charge in [0.05, 0.1) is 0 Å². The molecule has 0 aromatic heterocycles. The zero-order valence-corrected chi connectivity index (χ0v) is 12.3. The van der Waals surface area contributed by atoms with Crippen LogP contribution in [-0.4, -0.2) is 36.6 Å². The predicted octanol–water partition coefficient (Wildman–Crippen LogP) is 3.28. The van der Waals surface area contributed by atoms with Crippen LogP contribution in [0, 0.1) is 5.92 Å². The molecule has 1 N–H and O–H groups in total. The molecule has 0 aromatic carbocycles. The molecule has 0 amide bonds. The van der Waals surface area contributed by atoms with Crippen molar-refractivity contribution in [2.45, 2.75) is 71.9 Å². The van der Waals surface area contributed by atoms with Crippen LogP contribution in [-0.2, 0) is 0 Å². The molecule has 2 heteroatoms. The van der Waals surface area contributed by atoms with Gasteiger partial charge in [0.25, 0.3) is 0 Å². The molecule has 0 radical (unpaired) electrons. The summed E-state index contributed by atoms with van der Waals surface area (Å²) >= 11 is 0. The second-order valence-electron chi connectivity index (χ2n) is 5.82. The fourth-order valence-corrected chi connectivity index (χ4v) is 2.32. The van der Waals surface area contributed by atoms with Gasteiger partial charge in [0, 0.05) is 18.6 Å². The summed E-state index contributed by atoms with van der Waals surface area (Å²) in [6, 6.07) is 1.61. The first-order valence-electron chi connectivity index (χ1n) is 7.64. The van der Waals surface area contributed by atoms with Gasteiger partial charge in [0.15, 0.2) is 0 Å². The van der Waals surface area contributed by atoms with Crippen molar-refractivity contribution in [1.82, 2.24) is 10.2 Å². The number of nitrogens with one attached hydrogen (secondary N) is 1. The smallest absolute Gasteiger partial charge is 0.00682 e. The molecule has 1 rings (SSSR count). The van der Waals surface area contributed by atoms with Crippen molar-refractivity contribution in [3.63, 3.8) is 0 Å². The highest BCUT2D eigenvalue weighted by molar-refractivity contribution is 4.80. The van der Waals surface area contributed by atoms with E-state index in [1.165, 1.54) is 51.7 Å². The summed E-state index contributed by atoms with van der Waals surface area (Å²) in [5, 5.41) is 3.60. The van der Waals surface area contributed by atoms with Gasteiger partial charge < -0.3 is 10.2 Å². The molecule has 1 fully saturated rings. The van der Waals surface area contributed by atoms with Crippen molar-refractivity contribution in [3.8, 4) is 0 Å². The fraction of sp³-hybridized carbons (Fsp3) is 1.00. The molecule has 17 heavy (non-hydrogen) atoms. The first kappa shape index (κ1) is 15.0. The van der Waals surface area contributed by atoms with E-state index in [4.69, 9.17) is 0 Å². The zero-order chi connectivity index (χ0) is 12.7. The quantitative estimate of drug-likeness (QED) is 0.590. The van der Waals surface area contributed by atoms with Crippen LogP contribution >= 0.6 is 0 Å². The molecule has 2 atom stereocenters. The Hall–Kier alpha value is -0.0800. The van der Waals surface area contributed by atoms with Gasteiger partial charge in [0.2, 0.25) is 0 Å². The van der Waals surface area contributed by atoms with E-state index in [1.807, 2.05) is 0 Å². The maximum absolute atomic E-state index is 3.60. The lowest BCUT2D eigenvalue weighted by Crippen LogP contribution is -2.36. The molecule has 2 nitrogen and oxygen atoms in total. The molecule has 0 aliphatic heterocycles.